The molecule has 0 aliphatic heterocycles. The lowest BCUT2D eigenvalue weighted by molar-refractivity contribution is 0.0606. The Labute approximate surface area is 84.0 Å². The van der Waals surface area contributed by atoms with Crippen LogP contribution in [0.25, 0.3) is 0 Å². The molecular weight excluding hydrogens is 219 g/mol. The number of methoxy groups -OCH3 is 1. The molecule has 1 rings (SSSR count). The van der Waals surface area contributed by atoms with E-state index in [1.165, 1.54) is 18.4 Å². The first-order valence-electron chi connectivity index (χ1n) is 3.11. The van der Waals surface area contributed by atoms with Crippen molar-refractivity contribution in [1.82, 2.24) is 0 Å². The fourth-order valence-corrected chi connectivity index (χ4v) is 2.25. The number of halogens is 2. The lowest BCUT2D eigenvalue weighted by Gasteiger charge is -1.90. The zero-order chi connectivity index (χ0) is 9.14. The van der Waals surface area contributed by atoms with Gasteiger partial charge in [0, 0.05) is 5.88 Å². The maximum absolute atomic E-state index is 11.0. The SMILES string of the molecule is COC(=O)c1cc(CCl)c(Cl)s1. The Bertz CT molecular complexity index is 296. The zero-order valence-corrected chi connectivity index (χ0v) is 8.59. The van der Waals surface area contributed by atoms with Crippen molar-refractivity contribution < 1.29 is 9.53 Å². The van der Waals surface area contributed by atoms with Gasteiger partial charge in [0.1, 0.15) is 4.88 Å². The molecule has 0 aromatic carbocycles. The van der Waals surface area contributed by atoms with Gasteiger partial charge in [-0.2, -0.15) is 0 Å². The summed E-state index contributed by atoms with van der Waals surface area (Å²) in [4.78, 5) is 11.5. The number of carbonyl (C=O) groups is 1. The summed E-state index contributed by atoms with van der Waals surface area (Å²) in [5.41, 5.74) is 0.767. The van der Waals surface area contributed by atoms with Gasteiger partial charge < -0.3 is 4.74 Å². The van der Waals surface area contributed by atoms with Gasteiger partial charge in [-0.25, -0.2) is 4.79 Å². The Balaban J connectivity index is 2.96. The Morgan fingerprint density at radius 3 is 2.83 bits per heavy atom. The van der Waals surface area contributed by atoms with Crippen molar-refractivity contribution in [3.63, 3.8) is 0 Å². The van der Waals surface area contributed by atoms with E-state index in [1.54, 1.807) is 6.07 Å². The molecule has 1 aromatic rings. The Hall–Kier alpha value is -0.250. The fourth-order valence-electron chi connectivity index (χ4n) is 0.699. The van der Waals surface area contributed by atoms with Crippen molar-refractivity contribution in [3.05, 3.63) is 20.8 Å². The summed E-state index contributed by atoms with van der Waals surface area (Å²) in [5, 5.41) is 0. The summed E-state index contributed by atoms with van der Waals surface area (Å²) in [6.45, 7) is 0. The summed E-state index contributed by atoms with van der Waals surface area (Å²) in [5.74, 6) is -0.0648. The van der Waals surface area contributed by atoms with Gasteiger partial charge in [0.15, 0.2) is 0 Å². The first-order valence-corrected chi connectivity index (χ1v) is 4.84. The van der Waals surface area contributed by atoms with Crippen LogP contribution < -0.4 is 0 Å². The molecule has 1 aromatic heterocycles. The van der Waals surface area contributed by atoms with E-state index in [2.05, 4.69) is 4.74 Å². The number of hydrogen-bond acceptors (Lipinski definition) is 3. The van der Waals surface area contributed by atoms with Gasteiger partial charge in [-0.3, -0.25) is 0 Å². The second-order valence-corrected chi connectivity index (χ2v) is 3.96. The number of esters is 1. The standard InChI is InChI=1S/C7H6Cl2O2S/c1-11-7(10)5-2-4(3-8)6(9)12-5/h2H,3H2,1H3. The van der Waals surface area contributed by atoms with Gasteiger partial charge in [0.25, 0.3) is 0 Å². The highest BCUT2D eigenvalue weighted by Crippen LogP contribution is 2.29. The van der Waals surface area contributed by atoms with Gasteiger partial charge in [0.2, 0.25) is 0 Å². The lowest BCUT2D eigenvalue weighted by Crippen LogP contribution is -1.96. The van der Waals surface area contributed by atoms with Crippen LogP contribution in [-0.2, 0) is 10.6 Å². The van der Waals surface area contributed by atoms with Crippen molar-refractivity contribution in [3.8, 4) is 0 Å². The van der Waals surface area contributed by atoms with Crippen LogP contribution in [0.15, 0.2) is 6.07 Å². The van der Waals surface area contributed by atoms with Crippen molar-refractivity contribution >= 4 is 40.5 Å². The van der Waals surface area contributed by atoms with Gasteiger partial charge in [-0.05, 0) is 11.6 Å². The van der Waals surface area contributed by atoms with Crippen LogP contribution in [-0.4, -0.2) is 13.1 Å². The normalized spacial score (nSPS) is 9.92. The largest absolute Gasteiger partial charge is 0.465 e. The molecule has 66 valence electrons. The smallest absolute Gasteiger partial charge is 0.348 e. The third-order valence-electron chi connectivity index (χ3n) is 1.29. The average molecular weight is 225 g/mol. The molecule has 0 N–H and O–H groups in total. The van der Waals surface area contributed by atoms with E-state index in [0.29, 0.717) is 15.1 Å². The second kappa shape index (κ2) is 4.12. The summed E-state index contributed by atoms with van der Waals surface area (Å²) in [6, 6.07) is 1.64. The maximum Gasteiger partial charge on any atom is 0.348 e. The first kappa shape index (κ1) is 9.84. The molecule has 0 aliphatic rings. The highest BCUT2D eigenvalue weighted by atomic mass is 35.5. The topological polar surface area (TPSA) is 26.3 Å². The van der Waals surface area contributed by atoms with Gasteiger partial charge in [-0.15, -0.1) is 22.9 Å². The lowest BCUT2D eigenvalue weighted by atomic mass is 10.3. The Morgan fingerprint density at radius 2 is 2.42 bits per heavy atom. The zero-order valence-electron chi connectivity index (χ0n) is 6.27. The van der Waals surface area contributed by atoms with E-state index in [1.807, 2.05) is 0 Å². The van der Waals surface area contributed by atoms with E-state index < -0.39 is 0 Å². The van der Waals surface area contributed by atoms with Crippen molar-refractivity contribution in [1.29, 1.82) is 0 Å². The number of rotatable bonds is 2. The van der Waals surface area contributed by atoms with E-state index in [4.69, 9.17) is 23.2 Å². The molecule has 5 heteroatoms. The summed E-state index contributed by atoms with van der Waals surface area (Å²) in [7, 11) is 1.33. The number of hydrogen-bond donors (Lipinski definition) is 0. The minimum Gasteiger partial charge on any atom is -0.465 e. The van der Waals surface area contributed by atoms with Crippen LogP contribution in [0.3, 0.4) is 0 Å². The van der Waals surface area contributed by atoms with Gasteiger partial charge >= 0.3 is 5.97 Å². The van der Waals surface area contributed by atoms with E-state index in [-0.39, 0.29) is 5.97 Å². The summed E-state index contributed by atoms with van der Waals surface area (Å²) < 4.78 is 5.07. The molecule has 12 heavy (non-hydrogen) atoms. The molecule has 0 saturated heterocycles. The quantitative estimate of drug-likeness (QED) is 0.571. The Morgan fingerprint density at radius 1 is 1.75 bits per heavy atom. The third-order valence-corrected chi connectivity index (χ3v) is 3.00. The first-order chi connectivity index (χ1) is 5.69. The van der Waals surface area contributed by atoms with Crippen molar-refractivity contribution in [2.45, 2.75) is 5.88 Å². The molecule has 0 unspecified atom stereocenters. The van der Waals surface area contributed by atoms with E-state index >= 15 is 0 Å². The van der Waals surface area contributed by atoms with Crippen LogP contribution in [0, 0.1) is 0 Å². The highest BCUT2D eigenvalue weighted by Gasteiger charge is 2.12. The minimum atomic E-state index is -0.377. The molecule has 0 spiro atoms. The van der Waals surface area contributed by atoms with Gasteiger partial charge in [0.05, 0.1) is 11.4 Å². The van der Waals surface area contributed by atoms with Crippen LogP contribution in [0.5, 0.6) is 0 Å². The van der Waals surface area contributed by atoms with Gasteiger partial charge in [-0.1, -0.05) is 11.6 Å². The molecule has 0 bridgehead atoms. The molecular formula is C7H6Cl2O2S. The maximum atomic E-state index is 11.0. The molecule has 0 saturated carbocycles. The molecule has 1 heterocycles. The highest BCUT2D eigenvalue weighted by molar-refractivity contribution is 7.18. The second-order valence-electron chi connectivity index (χ2n) is 2.03. The van der Waals surface area contributed by atoms with Crippen LogP contribution in [0.1, 0.15) is 15.2 Å². The molecule has 2 nitrogen and oxygen atoms in total. The number of carbonyl (C=O) groups excluding carboxylic acids is 1. The molecule has 0 amide bonds. The van der Waals surface area contributed by atoms with E-state index in [0.717, 1.165) is 5.56 Å². The predicted molar refractivity (Wildman–Crippen MR) is 50.2 cm³/mol. The van der Waals surface area contributed by atoms with Crippen LogP contribution in [0.4, 0.5) is 0 Å². The predicted octanol–water partition coefficient (Wildman–Crippen LogP) is 2.93. The molecule has 0 fully saturated rings. The summed E-state index contributed by atoms with van der Waals surface area (Å²) >= 11 is 12.5. The third kappa shape index (κ3) is 1.91. The van der Waals surface area contributed by atoms with Crippen molar-refractivity contribution in [2.24, 2.45) is 0 Å². The minimum absolute atomic E-state index is 0.312. The molecule has 0 atom stereocenters. The fraction of sp³-hybridized carbons (Fsp3) is 0.286. The van der Waals surface area contributed by atoms with Crippen LogP contribution in [0.2, 0.25) is 4.34 Å². The summed E-state index contributed by atoms with van der Waals surface area (Å²) in [6.07, 6.45) is 0. The van der Waals surface area contributed by atoms with Crippen LogP contribution >= 0.6 is 34.5 Å². The molecule has 0 aliphatic carbocycles. The number of ether oxygens (including phenoxy) is 1. The molecule has 0 radical (unpaired) electrons. The number of thiophene rings is 1. The van der Waals surface area contributed by atoms with E-state index in [9.17, 15) is 4.79 Å². The number of alkyl halides is 1. The Kier molecular flexibility index (Phi) is 3.38. The average Bonchev–Trinajstić information content (AvgIpc) is 2.45. The van der Waals surface area contributed by atoms with Crippen molar-refractivity contribution in [2.75, 3.05) is 7.11 Å². The monoisotopic (exact) mass is 224 g/mol.